The summed E-state index contributed by atoms with van der Waals surface area (Å²) in [7, 11) is -4.20. The number of aliphatic carboxylic acids is 1. The van der Waals surface area contributed by atoms with Gasteiger partial charge in [0.25, 0.3) is 5.91 Å². The molecule has 13 heteroatoms. The highest BCUT2D eigenvalue weighted by Gasteiger charge is 2.26. The zero-order chi connectivity index (χ0) is 32.8. The number of nitrogens with one attached hydrogen (secondary N) is 2. The number of carboxylic acid groups (broad SMARTS) is 1. The Hall–Kier alpha value is -4.43. The number of amides is 1. The van der Waals surface area contributed by atoms with Crippen molar-refractivity contribution in [2.75, 3.05) is 5.32 Å². The van der Waals surface area contributed by atoms with Crippen LogP contribution >= 0.6 is 22.9 Å². The van der Waals surface area contributed by atoms with Crippen molar-refractivity contribution in [3.63, 3.8) is 0 Å². The van der Waals surface area contributed by atoms with Crippen LogP contribution in [0.15, 0.2) is 102 Å². The third-order valence-corrected chi connectivity index (χ3v) is 10.0. The number of benzene rings is 4. The van der Waals surface area contributed by atoms with Gasteiger partial charge >= 0.3 is 5.97 Å². The molecule has 0 aliphatic carbocycles. The van der Waals surface area contributed by atoms with Crippen molar-refractivity contribution in [3.05, 3.63) is 124 Å². The van der Waals surface area contributed by atoms with E-state index in [2.05, 4.69) is 10.0 Å². The van der Waals surface area contributed by atoms with Crippen LogP contribution in [0.4, 0.5) is 5.13 Å². The Balaban J connectivity index is 1.37. The smallest absolute Gasteiger partial charge is 0.322 e. The molecule has 1 heterocycles. The van der Waals surface area contributed by atoms with E-state index in [-0.39, 0.29) is 23.4 Å². The summed E-state index contributed by atoms with van der Waals surface area (Å²) in [6, 6.07) is 25.7. The molecular formula is C33H30ClN5O5S2. The van der Waals surface area contributed by atoms with E-state index >= 15 is 0 Å². The normalized spacial score (nSPS) is 12.1. The molecule has 46 heavy (non-hydrogen) atoms. The quantitative estimate of drug-likeness (QED) is 0.119. The number of carboxylic acids is 1. The number of carbonyl (C=O) groups is 2. The molecule has 4 aromatic carbocycles. The fraction of sp³-hybridized carbons (Fsp3) is 0.121. The minimum Gasteiger partial charge on any atom is -0.480 e. The maximum atomic E-state index is 13.2. The second-order valence-corrected chi connectivity index (χ2v) is 13.4. The third kappa shape index (κ3) is 7.68. The number of hydrogen-bond donors (Lipinski definition) is 5. The Bertz CT molecular complexity index is 1970. The molecule has 1 amide bonds. The van der Waals surface area contributed by atoms with E-state index in [1.807, 2.05) is 36.4 Å². The van der Waals surface area contributed by atoms with E-state index in [4.69, 9.17) is 28.1 Å². The Morgan fingerprint density at radius 3 is 2.15 bits per heavy atom. The Kier molecular flexibility index (Phi) is 10.3. The third-order valence-electron chi connectivity index (χ3n) is 7.15. The molecule has 0 radical (unpaired) electrons. The van der Waals surface area contributed by atoms with E-state index in [1.54, 1.807) is 36.4 Å². The van der Waals surface area contributed by atoms with Gasteiger partial charge in [-0.1, -0.05) is 89.7 Å². The number of nitrogens with two attached hydrogens (primary N) is 2. The number of rotatable bonds is 12. The highest BCUT2D eigenvalue weighted by molar-refractivity contribution is 7.89. The van der Waals surface area contributed by atoms with Gasteiger partial charge in [0, 0.05) is 29.2 Å². The van der Waals surface area contributed by atoms with Gasteiger partial charge < -0.3 is 16.6 Å². The maximum Gasteiger partial charge on any atom is 0.322 e. The standard InChI is InChI=1S/C33H30ClN5O5S2/c34-27-17-24(10-11-25(27)19-36)29-30(22-8-6-21(18-35)7-9-22)45-33(37-29)38-31(40)23-12-14-26(15-13-23)46(43,44)39-28(32(41)42)16-20-4-2-1-3-5-20/h1-15,17,28,39H,16,18-19,35-36H2,(H,41,42)(H,37,38,40). The van der Waals surface area contributed by atoms with Crippen molar-refractivity contribution in [1.29, 1.82) is 0 Å². The molecule has 0 spiro atoms. The first-order valence-corrected chi connectivity index (χ1v) is 16.7. The zero-order valence-electron chi connectivity index (χ0n) is 24.3. The topological polar surface area (TPSA) is 177 Å². The van der Waals surface area contributed by atoms with Gasteiger partial charge in [0.2, 0.25) is 10.0 Å². The molecule has 0 aliphatic rings. The largest absolute Gasteiger partial charge is 0.480 e. The van der Waals surface area contributed by atoms with Gasteiger partial charge in [-0.05, 0) is 59.0 Å². The molecule has 1 atom stereocenters. The molecule has 1 unspecified atom stereocenters. The molecular weight excluding hydrogens is 646 g/mol. The summed E-state index contributed by atoms with van der Waals surface area (Å²) < 4.78 is 28.3. The molecule has 0 saturated heterocycles. The predicted octanol–water partition coefficient (Wildman–Crippen LogP) is 5.27. The van der Waals surface area contributed by atoms with Crippen LogP contribution in [0.2, 0.25) is 5.02 Å². The van der Waals surface area contributed by atoms with Crippen molar-refractivity contribution >= 4 is 50.0 Å². The summed E-state index contributed by atoms with van der Waals surface area (Å²) in [5.41, 5.74) is 16.4. The van der Waals surface area contributed by atoms with Crippen LogP contribution in [0.25, 0.3) is 21.7 Å². The summed E-state index contributed by atoms with van der Waals surface area (Å²) in [5.74, 6) is -1.82. The fourth-order valence-electron chi connectivity index (χ4n) is 4.66. The molecule has 10 nitrogen and oxygen atoms in total. The van der Waals surface area contributed by atoms with Gasteiger partial charge in [0.15, 0.2) is 5.13 Å². The number of hydrogen-bond acceptors (Lipinski definition) is 8. The molecule has 236 valence electrons. The van der Waals surface area contributed by atoms with Crippen LogP contribution in [-0.2, 0) is 34.3 Å². The Morgan fingerprint density at radius 2 is 1.54 bits per heavy atom. The van der Waals surface area contributed by atoms with Crippen molar-refractivity contribution in [2.45, 2.75) is 30.4 Å². The van der Waals surface area contributed by atoms with E-state index in [1.165, 1.54) is 35.6 Å². The average Bonchev–Trinajstić information content (AvgIpc) is 3.48. The lowest BCUT2D eigenvalue weighted by molar-refractivity contribution is -0.138. The zero-order valence-corrected chi connectivity index (χ0v) is 26.7. The highest BCUT2D eigenvalue weighted by atomic mass is 35.5. The van der Waals surface area contributed by atoms with Gasteiger partial charge in [0.05, 0.1) is 15.5 Å². The molecule has 0 fully saturated rings. The first-order valence-electron chi connectivity index (χ1n) is 14.1. The second-order valence-electron chi connectivity index (χ2n) is 10.3. The molecule has 5 aromatic rings. The first-order chi connectivity index (χ1) is 22.1. The number of halogens is 1. The lowest BCUT2D eigenvalue weighted by Gasteiger charge is -2.15. The number of nitrogens with zero attached hydrogens (tertiary/aromatic N) is 1. The van der Waals surface area contributed by atoms with Crippen LogP contribution in [0.1, 0.15) is 27.0 Å². The van der Waals surface area contributed by atoms with E-state index in [0.29, 0.717) is 28.0 Å². The first kappa shape index (κ1) is 32.9. The summed E-state index contributed by atoms with van der Waals surface area (Å²) >= 11 is 7.72. The van der Waals surface area contributed by atoms with E-state index in [9.17, 15) is 23.1 Å². The van der Waals surface area contributed by atoms with Gasteiger partial charge in [-0.25, -0.2) is 13.4 Å². The molecule has 7 N–H and O–H groups in total. The van der Waals surface area contributed by atoms with Crippen LogP contribution in [-0.4, -0.2) is 36.4 Å². The Labute approximate surface area is 275 Å². The van der Waals surface area contributed by atoms with Gasteiger partial charge in [-0.2, -0.15) is 4.72 Å². The number of carbonyl (C=O) groups excluding carboxylic acids is 1. The second kappa shape index (κ2) is 14.3. The summed E-state index contributed by atoms with van der Waals surface area (Å²) in [4.78, 5) is 30.4. The van der Waals surface area contributed by atoms with Crippen LogP contribution < -0.4 is 21.5 Å². The number of aromatic nitrogens is 1. The SMILES string of the molecule is NCc1ccc(-c2sc(NC(=O)c3ccc(S(=O)(=O)NC(Cc4ccccc4)C(=O)O)cc3)nc2-c2ccc(CN)c(Cl)c2)cc1. The highest BCUT2D eigenvalue weighted by Crippen LogP contribution is 2.40. The molecule has 1 aromatic heterocycles. The maximum absolute atomic E-state index is 13.2. The number of sulfonamides is 1. The summed E-state index contributed by atoms with van der Waals surface area (Å²) in [6.07, 6.45) is -0.0335. The van der Waals surface area contributed by atoms with E-state index in [0.717, 1.165) is 27.1 Å². The number of thiazole rings is 1. The summed E-state index contributed by atoms with van der Waals surface area (Å²) in [6.45, 7) is 0.687. The molecule has 0 aliphatic heterocycles. The molecule has 0 bridgehead atoms. The monoisotopic (exact) mass is 675 g/mol. The van der Waals surface area contributed by atoms with Gasteiger partial charge in [0.1, 0.15) is 6.04 Å². The van der Waals surface area contributed by atoms with Crippen molar-refractivity contribution < 1.29 is 23.1 Å². The lowest BCUT2D eigenvalue weighted by Crippen LogP contribution is -2.42. The van der Waals surface area contributed by atoms with Crippen molar-refractivity contribution in [3.8, 4) is 21.7 Å². The minimum atomic E-state index is -4.20. The average molecular weight is 676 g/mol. The Morgan fingerprint density at radius 1 is 0.870 bits per heavy atom. The molecule has 5 rings (SSSR count). The number of anilines is 1. The lowest BCUT2D eigenvalue weighted by atomic mass is 10.0. The van der Waals surface area contributed by atoms with Crippen molar-refractivity contribution in [2.24, 2.45) is 11.5 Å². The fourth-order valence-corrected chi connectivity index (χ4v) is 7.09. The van der Waals surface area contributed by atoms with Gasteiger partial charge in [-0.3, -0.25) is 14.9 Å². The summed E-state index contributed by atoms with van der Waals surface area (Å²) in [5, 5.41) is 13.3. The predicted molar refractivity (Wildman–Crippen MR) is 180 cm³/mol. The van der Waals surface area contributed by atoms with Crippen LogP contribution in [0.3, 0.4) is 0 Å². The minimum absolute atomic E-state index is 0.0335. The van der Waals surface area contributed by atoms with Crippen molar-refractivity contribution in [1.82, 2.24) is 9.71 Å². The van der Waals surface area contributed by atoms with E-state index < -0.39 is 27.9 Å². The van der Waals surface area contributed by atoms with Gasteiger partial charge in [-0.15, -0.1) is 0 Å². The van der Waals surface area contributed by atoms with Crippen LogP contribution in [0, 0.1) is 0 Å². The molecule has 0 saturated carbocycles. The van der Waals surface area contributed by atoms with Crippen LogP contribution in [0.5, 0.6) is 0 Å².